The first-order chi connectivity index (χ1) is 16.3. The van der Waals surface area contributed by atoms with Gasteiger partial charge < -0.3 is 11.1 Å². The van der Waals surface area contributed by atoms with E-state index in [1.807, 2.05) is 18.2 Å². The number of aromatic nitrogens is 5. The molecule has 0 aliphatic carbocycles. The number of nitrogens with two attached hydrogens (primary N) is 1. The van der Waals surface area contributed by atoms with Crippen LogP contribution in [0.3, 0.4) is 0 Å². The molecule has 1 amide bonds. The number of hydrogen-bond acceptors (Lipinski definition) is 6. The molecule has 9 nitrogen and oxygen atoms in total. The number of carbonyl (C=O) groups excluding carboxylic acids is 1. The number of nitrogens with zero attached hydrogens (tertiary/aromatic N) is 5. The first-order valence-electron chi connectivity index (χ1n) is 10.4. The van der Waals surface area contributed by atoms with Gasteiger partial charge in [-0.3, -0.25) is 18.9 Å². The number of pyridine rings is 3. The molecule has 0 spiro atoms. The first-order valence-corrected chi connectivity index (χ1v) is 10.4. The molecule has 0 saturated carbocycles. The second-order valence-electron chi connectivity index (χ2n) is 7.88. The van der Waals surface area contributed by atoms with E-state index in [2.05, 4.69) is 20.3 Å². The molecule has 0 aliphatic rings. The lowest BCUT2D eigenvalue weighted by Gasteiger charge is -2.10. The summed E-state index contributed by atoms with van der Waals surface area (Å²) in [5, 5.41) is 3.26. The molecule has 0 fully saturated rings. The van der Waals surface area contributed by atoms with E-state index in [4.69, 9.17) is 5.73 Å². The van der Waals surface area contributed by atoms with Crippen molar-refractivity contribution in [3.63, 3.8) is 0 Å². The Labute approximate surface area is 192 Å². The van der Waals surface area contributed by atoms with Crippen molar-refractivity contribution in [2.45, 2.75) is 6.92 Å². The number of imidazole rings is 1. The van der Waals surface area contributed by atoms with Crippen molar-refractivity contribution < 1.29 is 9.18 Å². The van der Waals surface area contributed by atoms with Crippen molar-refractivity contribution in [3.05, 3.63) is 76.5 Å². The van der Waals surface area contributed by atoms with Crippen LogP contribution in [-0.4, -0.2) is 37.0 Å². The molecule has 3 N–H and O–H groups in total. The molecule has 0 saturated heterocycles. The summed E-state index contributed by atoms with van der Waals surface area (Å²) in [6.07, 6.45) is 3.22. The van der Waals surface area contributed by atoms with Gasteiger partial charge in [-0.25, -0.2) is 14.8 Å². The number of aryl methyl sites for hydroxylation is 2. The molecule has 0 atom stereocenters. The van der Waals surface area contributed by atoms with Crippen LogP contribution in [0.1, 0.15) is 16.1 Å². The number of nitrogens with one attached hydrogen (secondary N) is 1. The molecule has 34 heavy (non-hydrogen) atoms. The summed E-state index contributed by atoms with van der Waals surface area (Å²) >= 11 is 0. The van der Waals surface area contributed by atoms with E-state index in [0.717, 1.165) is 5.56 Å². The van der Waals surface area contributed by atoms with Crippen molar-refractivity contribution >= 4 is 33.7 Å². The Morgan fingerprint density at radius 2 is 1.88 bits per heavy atom. The fourth-order valence-corrected chi connectivity index (χ4v) is 4.11. The summed E-state index contributed by atoms with van der Waals surface area (Å²) in [5.41, 5.74) is 10.0. The number of fused-ring (bicyclic) bond motifs is 3. The predicted molar refractivity (Wildman–Crippen MR) is 127 cm³/mol. The van der Waals surface area contributed by atoms with Gasteiger partial charge in [-0.05, 0) is 42.8 Å². The zero-order valence-corrected chi connectivity index (χ0v) is 18.6. The van der Waals surface area contributed by atoms with Gasteiger partial charge in [-0.1, -0.05) is 6.07 Å². The van der Waals surface area contributed by atoms with Crippen LogP contribution in [-0.2, 0) is 7.05 Å². The van der Waals surface area contributed by atoms with Gasteiger partial charge >= 0.3 is 5.69 Å². The van der Waals surface area contributed by atoms with Gasteiger partial charge in [0.2, 0.25) is 5.95 Å². The third-order valence-corrected chi connectivity index (χ3v) is 5.87. The van der Waals surface area contributed by atoms with E-state index in [0.29, 0.717) is 38.9 Å². The maximum absolute atomic E-state index is 13.7. The Balaban J connectivity index is 1.82. The van der Waals surface area contributed by atoms with E-state index < -0.39 is 5.95 Å². The number of carbonyl (C=O) groups is 1. The number of halogens is 1. The monoisotopic (exact) mass is 457 g/mol. The highest BCUT2D eigenvalue weighted by atomic mass is 19.1. The molecule has 4 aromatic heterocycles. The predicted octanol–water partition coefficient (Wildman–Crippen LogP) is 2.72. The molecule has 0 unspecified atom stereocenters. The summed E-state index contributed by atoms with van der Waals surface area (Å²) in [7, 11) is 3.18. The smallest absolute Gasteiger partial charge is 0.333 e. The highest BCUT2D eigenvalue weighted by Crippen LogP contribution is 2.30. The summed E-state index contributed by atoms with van der Waals surface area (Å²) in [6, 6.07) is 10.0. The lowest BCUT2D eigenvalue weighted by atomic mass is 10.0. The minimum atomic E-state index is -0.619. The molecule has 1 aromatic carbocycles. The normalized spacial score (nSPS) is 11.3. The molecule has 10 heteroatoms. The van der Waals surface area contributed by atoms with Crippen LogP contribution in [0.5, 0.6) is 0 Å². The van der Waals surface area contributed by atoms with E-state index in [1.165, 1.54) is 28.3 Å². The van der Waals surface area contributed by atoms with Gasteiger partial charge in [0.15, 0.2) is 0 Å². The van der Waals surface area contributed by atoms with Gasteiger partial charge in [0.25, 0.3) is 5.91 Å². The number of anilines is 1. The molecular weight excluding hydrogens is 437 g/mol. The lowest BCUT2D eigenvalue weighted by Crippen LogP contribution is -2.21. The van der Waals surface area contributed by atoms with Crippen molar-refractivity contribution in [2.75, 3.05) is 12.8 Å². The number of benzene rings is 1. The van der Waals surface area contributed by atoms with Crippen molar-refractivity contribution in [3.8, 4) is 16.8 Å². The van der Waals surface area contributed by atoms with Crippen molar-refractivity contribution in [2.24, 2.45) is 7.05 Å². The number of amides is 1. The summed E-state index contributed by atoms with van der Waals surface area (Å²) in [4.78, 5) is 38.0. The molecule has 4 heterocycles. The quantitative estimate of drug-likeness (QED) is 0.402. The fourth-order valence-electron chi connectivity index (χ4n) is 4.11. The SMILES string of the molecule is CNC(=O)c1cc(-c2ccc3ncc4c(c3c2)n(-c2ccc(F)nc2C)c(=O)n4C)cnc1N. The molecule has 0 bridgehead atoms. The van der Waals surface area contributed by atoms with Crippen molar-refractivity contribution in [1.29, 1.82) is 0 Å². The highest BCUT2D eigenvalue weighted by Gasteiger charge is 2.19. The van der Waals surface area contributed by atoms with Gasteiger partial charge in [-0.2, -0.15) is 4.39 Å². The summed E-state index contributed by atoms with van der Waals surface area (Å²) < 4.78 is 16.7. The van der Waals surface area contributed by atoms with Crippen LogP contribution in [0.25, 0.3) is 38.8 Å². The molecule has 170 valence electrons. The lowest BCUT2D eigenvalue weighted by molar-refractivity contribution is 0.0963. The molecule has 5 rings (SSSR count). The highest BCUT2D eigenvalue weighted by molar-refractivity contribution is 6.05. The second kappa shape index (κ2) is 7.77. The largest absolute Gasteiger partial charge is 0.383 e. The van der Waals surface area contributed by atoms with E-state index >= 15 is 0 Å². The minimum Gasteiger partial charge on any atom is -0.383 e. The number of hydrogen-bond donors (Lipinski definition) is 2. The van der Waals surface area contributed by atoms with Crippen molar-refractivity contribution in [1.82, 2.24) is 29.4 Å². The standard InChI is InChI=1S/C24H20FN7O2/c1-12-18(6-7-20(25)30-12)32-21-15-8-13(14-9-16(23(33)27-2)22(26)29-10-14)4-5-17(15)28-11-19(21)31(3)24(32)34/h4-11H,1-3H3,(H2,26,29)(H,27,33). The maximum Gasteiger partial charge on any atom is 0.333 e. The molecule has 0 radical (unpaired) electrons. The minimum absolute atomic E-state index is 0.129. The van der Waals surface area contributed by atoms with E-state index in [1.54, 1.807) is 32.4 Å². The second-order valence-corrected chi connectivity index (χ2v) is 7.88. The maximum atomic E-state index is 13.7. The van der Waals surface area contributed by atoms with Crippen LogP contribution < -0.4 is 16.7 Å². The van der Waals surface area contributed by atoms with E-state index in [-0.39, 0.29) is 23.0 Å². The molecule has 0 aliphatic heterocycles. The third kappa shape index (κ3) is 3.19. The van der Waals surface area contributed by atoms with Crippen LogP contribution in [0, 0.1) is 12.9 Å². The summed E-state index contributed by atoms with van der Waals surface area (Å²) in [5.74, 6) is -0.830. The van der Waals surface area contributed by atoms with Gasteiger partial charge in [0.05, 0.1) is 39.7 Å². The Hall–Kier alpha value is -4.60. The Bertz CT molecular complexity index is 1690. The zero-order chi connectivity index (χ0) is 24.1. The average Bonchev–Trinajstić information content (AvgIpc) is 3.09. The topological polar surface area (TPSA) is 121 Å². The number of rotatable bonds is 3. The van der Waals surface area contributed by atoms with E-state index in [9.17, 15) is 14.0 Å². The molecular formula is C24H20FN7O2. The zero-order valence-electron chi connectivity index (χ0n) is 18.6. The summed E-state index contributed by atoms with van der Waals surface area (Å²) in [6.45, 7) is 1.65. The first kappa shape index (κ1) is 21.3. The van der Waals surface area contributed by atoms with Gasteiger partial charge in [0, 0.05) is 31.2 Å². The third-order valence-electron chi connectivity index (χ3n) is 5.87. The Morgan fingerprint density at radius 1 is 1.09 bits per heavy atom. The Kier molecular flexibility index (Phi) is 4.85. The van der Waals surface area contributed by atoms with Gasteiger partial charge in [-0.15, -0.1) is 0 Å². The Morgan fingerprint density at radius 3 is 2.62 bits per heavy atom. The molecule has 5 aromatic rings. The average molecular weight is 457 g/mol. The van der Waals surface area contributed by atoms with Crippen LogP contribution in [0.15, 0.2) is 53.6 Å². The van der Waals surface area contributed by atoms with Crippen LogP contribution in [0.4, 0.5) is 10.2 Å². The fraction of sp³-hybridized carbons (Fsp3) is 0.125. The van der Waals surface area contributed by atoms with Crippen LogP contribution >= 0.6 is 0 Å². The van der Waals surface area contributed by atoms with Crippen LogP contribution in [0.2, 0.25) is 0 Å². The number of nitrogen functional groups attached to an aromatic ring is 1. The van der Waals surface area contributed by atoms with Gasteiger partial charge in [0.1, 0.15) is 5.82 Å².